The summed E-state index contributed by atoms with van der Waals surface area (Å²) in [6.07, 6.45) is 6.72. The molecule has 4 N–H and O–H groups in total. The molecule has 1 atom stereocenters. The molecular weight excluding hydrogens is 294 g/mol. The Balaban J connectivity index is 0.00000220. The van der Waals surface area contributed by atoms with Crippen molar-refractivity contribution in [2.45, 2.75) is 44.2 Å². The number of hydrogen-bond donors (Lipinski definition) is 3. The number of hydrogen-bond acceptors (Lipinski definition) is 4. The van der Waals surface area contributed by atoms with Gasteiger partial charge in [-0.1, -0.05) is 12.8 Å². The van der Waals surface area contributed by atoms with Gasteiger partial charge in [-0.2, -0.15) is 0 Å². The molecule has 0 aliphatic heterocycles. The molecule has 1 aromatic rings. The van der Waals surface area contributed by atoms with E-state index in [0.717, 1.165) is 25.7 Å². The van der Waals surface area contributed by atoms with Crippen molar-refractivity contribution < 1.29 is 14.0 Å². The normalized spacial score (nSPS) is 17.6. The summed E-state index contributed by atoms with van der Waals surface area (Å²) in [4.78, 5) is 24.0. The number of nitrogens with two attached hydrogens (primary N) is 1. The quantitative estimate of drug-likeness (QED) is 0.760. The minimum atomic E-state index is -0.610. The first-order chi connectivity index (χ1) is 9.56. The molecule has 21 heavy (non-hydrogen) atoms. The van der Waals surface area contributed by atoms with Crippen LogP contribution in [0, 0.1) is 0 Å². The molecule has 1 fully saturated rings. The summed E-state index contributed by atoms with van der Waals surface area (Å²) in [5.74, 6) is -0.524. The van der Waals surface area contributed by atoms with Crippen molar-refractivity contribution in [3.63, 3.8) is 0 Å². The zero-order chi connectivity index (χ0) is 14.6. The van der Waals surface area contributed by atoms with Gasteiger partial charge in [0.1, 0.15) is 12.3 Å². The van der Waals surface area contributed by atoms with Gasteiger partial charge in [-0.15, -0.1) is 12.4 Å². The van der Waals surface area contributed by atoms with Crippen molar-refractivity contribution in [1.29, 1.82) is 0 Å². The van der Waals surface area contributed by atoms with E-state index >= 15 is 0 Å². The third kappa shape index (κ3) is 4.22. The van der Waals surface area contributed by atoms with Crippen LogP contribution in [0.3, 0.4) is 0 Å². The van der Waals surface area contributed by atoms with Gasteiger partial charge in [0.25, 0.3) is 5.91 Å². The van der Waals surface area contributed by atoms with E-state index in [-0.39, 0.29) is 29.8 Å². The smallest absolute Gasteiger partial charge is 0.255 e. The minimum absolute atomic E-state index is 0. The van der Waals surface area contributed by atoms with E-state index in [1.807, 2.05) is 0 Å². The van der Waals surface area contributed by atoms with Gasteiger partial charge >= 0.3 is 0 Å². The van der Waals surface area contributed by atoms with Crippen molar-refractivity contribution in [3.8, 4) is 0 Å². The van der Waals surface area contributed by atoms with E-state index < -0.39 is 6.04 Å². The Hall–Kier alpha value is -1.53. The standard InChI is InChI=1S/C14H21N3O3.ClH/c1-10(16-13(19)11-4-7-20-8-11)12(18)17-14(9-15)5-2-3-6-14;/h4,7-8,10H,2-3,5-6,9,15H2,1H3,(H,16,19)(H,17,18);1H. The van der Waals surface area contributed by atoms with Crippen LogP contribution < -0.4 is 16.4 Å². The SMILES string of the molecule is CC(NC(=O)c1ccoc1)C(=O)NC1(CN)CCCC1.Cl. The van der Waals surface area contributed by atoms with Gasteiger partial charge in [0, 0.05) is 6.54 Å². The van der Waals surface area contributed by atoms with Gasteiger partial charge in [-0.25, -0.2) is 0 Å². The van der Waals surface area contributed by atoms with Gasteiger partial charge < -0.3 is 20.8 Å². The summed E-state index contributed by atoms with van der Waals surface area (Å²) < 4.78 is 4.84. The van der Waals surface area contributed by atoms with Gasteiger partial charge in [0.15, 0.2) is 0 Å². The molecule has 1 heterocycles. The van der Waals surface area contributed by atoms with Gasteiger partial charge in [0.05, 0.1) is 17.4 Å². The molecule has 7 heteroatoms. The maximum atomic E-state index is 12.2. The van der Waals surface area contributed by atoms with Crippen molar-refractivity contribution >= 4 is 24.2 Å². The fourth-order valence-electron chi connectivity index (χ4n) is 2.54. The Kier molecular flexibility index (Phi) is 6.23. The molecule has 0 aromatic carbocycles. The number of carbonyl (C=O) groups is 2. The fraction of sp³-hybridized carbons (Fsp3) is 0.571. The van der Waals surface area contributed by atoms with Crippen LogP contribution in [0.2, 0.25) is 0 Å². The summed E-state index contributed by atoms with van der Waals surface area (Å²) in [5, 5.41) is 5.64. The summed E-state index contributed by atoms with van der Waals surface area (Å²) in [5.41, 5.74) is 5.88. The lowest BCUT2D eigenvalue weighted by Crippen LogP contribution is -2.56. The Morgan fingerprint density at radius 1 is 1.43 bits per heavy atom. The average molecular weight is 316 g/mol. The van der Waals surface area contributed by atoms with E-state index in [0.29, 0.717) is 12.1 Å². The second-order valence-corrected chi connectivity index (χ2v) is 5.39. The Morgan fingerprint density at radius 3 is 2.62 bits per heavy atom. The Bertz CT molecular complexity index is 470. The fourth-order valence-corrected chi connectivity index (χ4v) is 2.54. The van der Waals surface area contributed by atoms with Crippen LogP contribution >= 0.6 is 12.4 Å². The molecule has 1 aromatic heterocycles. The number of amides is 2. The molecule has 0 saturated heterocycles. The summed E-state index contributed by atoms with van der Waals surface area (Å²) >= 11 is 0. The highest BCUT2D eigenvalue weighted by molar-refractivity contribution is 5.97. The highest BCUT2D eigenvalue weighted by Gasteiger charge is 2.35. The Labute approximate surface area is 130 Å². The zero-order valence-corrected chi connectivity index (χ0v) is 12.9. The maximum Gasteiger partial charge on any atom is 0.255 e. The molecular formula is C14H22ClN3O3. The van der Waals surface area contributed by atoms with Crippen molar-refractivity contribution in [2.24, 2.45) is 5.73 Å². The molecule has 2 rings (SSSR count). The first kappa shape index (κ1) is 17.5. The average Bonchev–Trinajstić information content (AvgIpc) is 3.10. The van der Waals surface area contributed by atoms with Crippen LogP contribution in [-0.2, 0) is 4.79 Å². The molecule has 1 aliphatic carbocycles. The van der Waals surface area contributed by atoms with Crippen LogP contribution in [0.15, 0.2) is 23.0 Å². The second-order valence-electron chi connectivity index (χ2n) is 5.39. The number of nitrogens with one attached hydrogen (secondary N) is 2. The molecule has 118 valence electrons. The lowest BCUT2D eigenvalue weighted by Gasteiger charge is -2.30. The monoisotopic (exact) mass is 315 g/mol. The van der Waals surface area contributed by atoms with Crippen LogP contribution in [0.25, 0.3) is 0 Å². The van der Waals surface area contributed by atoms with E-state index in [9.17, 15) is 9.59 Å². The highest BCUT2D eigenvalue weighted by atomic mass is 35.5. The number of carbonyl (C=O) groups excluding carboxylic acids is 2. The van der Waals surface area contributed by atoms with E-state index in [1.54, 1.807) is 13.0 Å². The third-order valence-corrected chi connectivity index (χ3v) is 3.86. The number of rotatable bonds is 5. The van der Waals surface area contributed by atoms with E-state index in [4.69, 9.17) is 10.2 Å². The lowest BCUT2D eigenvalue weighted by molar-refractivity contribution is -0.124. The first-order valence-corrected chi connectivity index (χ1v) is 6.91. The predicted molar refractivity (Wildman–Crippen MR) is 81.3 cm³/mol. The summed E-state index contributed by atoms with van der Waals surface area (Å²) in [6, 6.07) is 0.944. The van der Waals surface area contributed by atoms with Crippen LogP contribution in [0.4, 0.5) is 0 Å². The van der Waals surface area contributed by atoms with Crippen LogP contribution in [0.1, 0.15) is 43.0 Å². The minimum Gasteiger partial charge on any atom is -0.472 e. The number of halogens is 1. The van der Waals surface area contributed by atoms with E-state index in [2.05, 4.69) is 10.6 Å². The molecule has 1 unspecified atom stereocenters. The molecule has 0 radical (unpaired) electrons. The van der Waals surface area contributed by atoms with Gasteiger partial charge in [-0.05, 0) is 25.8 Å². The van der Waals surface area contributed by atoms with Crippen LogP contribution in [-0.4, -0.2) is 29.9 Å². The Morgan fingerprint density at radius 2 is 2.10 bits per heavy atom. The largest absolute Gasteiger partial charge is 0.472 e. The van der Waals surface area contributed by atoms with Gasteiger partial charge in [-0.3, -0.25) is 9.59 Å². The van der Waals surface area contributed by atoms with Crippen LogP contribution in [0.5, 0.6) is 0 Å². The molecule has 2 amide bonds. The molecule has 1 saturated carbocycles. The van der Waals surface area contributed by atoms with Crippen molar-refractivity contribution in [2.75, 3.05) is 6.54 Å². The predicted octanol–water partition coefficient (Wildman–Crippen LogP) is 1.21. The second kappa shape index (κ2) is 7.47. The zero-order valence-electron chi connectivity index (χ0n) is 12.1. The topological polar surface area (TPSA) is 97.4 Å². The third-order valence-electron chi connectivity index (χ3n) is 3.86. The molecule has 6 nitrogen and oxygen atoms in total. The summed E-state index contributed by atoms with van der Waals surface area (Å²) in [6.45, 7) is 2.09. The molecule has 0 spiro atoms. The number of furan rings is 1. The van der Waals surface area contributed by atoms with Crippen molar-refractivity contribution in [3.05, 3.63) is 24.2 Å². The molecule has 0 bridgehead atoms. The highest BCUT2D eigenvalue weighted by Crippen LogP contribution is 2.28. The lowest BCUT2D eigenvalue weighted by atomic mass is 9.97. The van der Waals surface area contributed by atoms with E-state index in [1.165, 1.54) is 12.5 Å². The van der Waals surface area contributed by atoms with Gasteiger partial charge in [0.2, 0.25) is 5.91 Å². The first-order valence-electron chi connectivity index (χ1n) is 6.91. The molecule has 1 aliphatic rings. The summed E-state index contributed by atoms with van der Waals surface area (Å²) in [7, 11) is 0. The van der Waals surface area contributed by atoms with Crippen molar-refractivity contribution in [1.82, 2.24) is 10.6 Å². The maximum absolute atomic E-state index is 12.2.